The molecule has 0 bridgehead atoms. The van der Waals surface area contributed by atoms with Gasteiger partial charge >= 0.3 is 6.85 Å². The molecule has 3 heteroatoms. The number of anilines is 2. The number of benzene rings is 5. The fourth-order valence-corrected chi connectivity index (χ4v) is 7.51. The van der Waals surface area contributed by atoms with Crippen LogP contribution in [0.15, 0.2) is 109 Å². The lowest BCUT2D eigenvalue weighted by Gasteiger charge is -2.48. The fraction of sp³-hybridized carbons (Fsp3) is 0.167. The molecular weight excluding hydrogens is 473 g/mol. The number of rotatable bonds is 1. The van der Waals surface area contributed by atoms with Crippen LogP contribution in [0.4, 0.5) is 11.4 Å². The number of para-hydroxylation sites is 3. The molecule has 0 spiro atoms. The normalized spacial score (nSPS) is 16.7. The van der Waals surface area contributed by atoms with E-state index in [9.17, 15) is 0 Å². The minimum Gasteiger partial charge on any atom is -0.458 e. The molecule has 5 aromatic rings. The number of ether oxygens (including phenoxy) is 1. The monoisotopic (exact) mass is 503 g/mol. The highest BCUT2D eigenvalue weighted by atomic mass is 16.5. The van der Waals surface area contributed by atoms with Gasteiger partial charge < -0.3 is 9.55 Å². The number of nitrogens with zero attached hydrogens (tertiary/aromatic N) is 1. The third-order valence-electron chi connectivity index (χ3n) is 9.35. The molecule has 0 N–H and O–H groups in total. The minimum atomic E-state index is -0.146. The quantitative estimate of drug-likeness (QED) is 0.218. The zero-order chi connectivity index (χ0) is 26.5. The summed E-state index contributed by atoms with van der Waals surface area (Å²) in [6.07, 6.45) is 0. The van der Waals surface area contributed by atoms with Crippen LogP contribution in [0.5, 0.6) is 11.5 Å². The van der Waals surface area contributed by atoms with Gasteiger partial charge in [-0.3, -0.25) is 0 Å². The summed E-state index contributed by atoms with van der Waals surface area (Å²) in [5.41, 5.74) is 13.0. The smallest absolute Gasteiger partial charge is 0.335 e. The Morgan fingerprint density at radius 3 is 1.85 bits per heavy atom. The van der Waals surface area contributed by atoms with Crippen LogP contribution in [-0.2, 0) is 10.8 Å². The Bertz CT molecular complexity index is 1770. The van der Waals surface area contributed by atoms with E-state index in [2.05, 4.69) is 142 Å². The maximum atomic E-state index is 6.47. The van der Waals surface area contributed by atoms with Crippen molar-refractivity contribution in [2.24, 2.45) is 0 Å². The van der Waals surface area contributed by atoms with E-state index in [1.54, 1.807) is 0 Å². The first-order valence-corrected chi connectivity index (χ1v) is 13.9. The summed E-state index contributed by atoms with van der Waals surface area (Å²) in [6.45, 7) is 9.55. The van der Waals surface area contributed by atoms with E-state index >= 15 is 0 Å². The summed E-state index contributed by atoms with van der Waals surface area (Å²) >= 11 is 0. The second-order valence-electron chi connectivity index (χ2n) is 12.1. The Balaban J connectivity index is 1.52. The molecule has 0 saturated heterocycles. The van der Waals surface area contributed by atoms with E-state index in [1.807, 2.05) is 0 Å². The van der Waals surface area contributed by atoms with E-state index in [0.717, 1.165) is 11.5 Å². The van der Waals surface area contributed by atoms with Crippen molar-refractivity contribution in [3.63, 3.8) is 0 Å². The lowest BCUT2D eigenvalue weighted by Crippen LogP contribution is -2.59. The van der Waals surface area contributed by atoms with Gasteiger partial charge in [0.2, 0.25) is 0 Å². The SMILES string of the molecule is CC1(C)c2ccccc2N(B2c3ccccc3Oc3ccccc32)c2c1ccc1c2C(C)(C)c2ccccc2-1. The molecule has 0 atom stereocenters. The summed E-state index contributed by atoms with van der Waals surface area (Å²) in [6, 6.07) is 39.8. The van der Waals surface area contributed by atoms with Gasteiger partial charge in [0, 0.05) is 22.2 Å². The fourth-order valence-electron chi connectivity index (χ4n) is 7.51. The molecule has 39 heavy (non-hydrogen) atoms. The highest BCUT2D eigenvalue weighted by Crippen LogP contribution is 2.59. The lowest BCUT2D eigenvalue weighted by molar-refractivity contribution is 0.487. The Morgan fingerprint density at radius 1 is 0.538 bits per heavy atom. The first-order valence-electron chi connectivity index (χ1n) is 13.9. The summed E-state index contributed by atoms with van der Waals surface area (Å²) in [5, 5.41) is 0. The van der Waals surface area contributed by atoms with Gasteiger partial charge in [-0.1, -0.05) is 119 Å². The van der Waals surface area contributed by atoms with Crippen LogP contribution in [0.2, 0.25) is 0 Å². The summed E-state index contributed by atoms with van der Waals surface area (Å²) < 4.78 is 6.47. The molecule has 3 aliphatic rings. The third kappa shape index (κ3) is 2.88. The van der Waals surface area contributed by atoms with Crippen LogP contribution in [0, 0.1) is 0 Å². The predicted octanol–water partition coefficient (Wildman–Crippen LogP) is 7.68. The minimum absolute atomic E-state index is 0.0202. The lowest BCUT2D eigenvalue weighted by atomic mass is 9.46. The maximum absolute atomic E-state index is 6.47. The third-order valence-corrected chi connectivity index (χ3v) is 9.35. The second-order valence-corrected chi connectivity index (χ2v) is 12.1. The zero-order valence-corrected chi connectivity index (χ0v) is 22.8. The molecule has 2 nitrogen and oxygen atoms in total. The van der Waals surface area contributed by atoms with Gasteiger partial charge in [-0.2, -0.15) is 0 Å². The first kappa shape index (κ1) is 22.7. The van der Waals surface area contributed by atoms with Crippen molar-refractivity contribution in [3.05, 3.63) is 131 Å². The molecule has 0 saturated carbocycles. The van der Waals surface area contributed by atoms with E-state index in [0.29, 0.717) is 0 Å². The van der Waals surface area contributed by atoms with E-state index in [-0.39, 0.29) is 17.7 Å². The molecule has 0 fully saturated rings. The molecule has 0 amide bonds. The maximum Gasteiger partial charge on any atom is 0.335 e. The van der Waals surface area contributed by atoms with Crippen LogP contribution < -0.4 is 20.5 Å². The first-order chi connectivity index (χ1) is 18.9. The molecule has 0 aromatic heterocycles. The Labute approximate surface area is 231 Å². The van der Waals surface area contributed by atoms with Crippen molar-refractivity contribution in [2.75, 3.05) is 4.81 Å². The van der Waals surface area contributed by atoms with Gasteiger partial charge in [0.25, 0.3) is 0 Å². The van der Waals surface area contributed by atoms with Crippen molar-refractivity contribution in [3.8, 4) is 22.6 Å². The zero-order valence-electron chi connectivity index (χ0n) is 22.8. The van der Waals surface area contributed by atoms with Crippen LogP contribution >= 0.6 is 0 Å². The largest absolute Gasteiger partial charge is 0.458 e. The highest BCUT2D eigenvalue weighted by molar-refractivity contribution is 6.90. The number of fused-ring (bicyclic) bond motifs is 8. The standard InChI is InChI=1S/C36H30BNO/c1-35(2)26-15-7-10-18-30(26)38(37-28-16-8-11-19-31(28)39-32-20-12-9-17-29(32)37)34-27(35)22-21-24-23-13-5-6-14-25(23)36(3,4)33(24)34/h5-22H,1-4H3. The van der Waals surface area contributed by atoms with Crippen LogP contribution in [0.1, 0.15) is 49.9 Å². The molecular formula is C36H30BNO. The molecule has 1 aliphatic carbocycles. The average Bonchev–Trinajstić information content (AvgIpc) is 3.19. The predicted molar refractivity (Wildman–Crippen MR) is 163 cm³/mol. The molecule has 188 valence electrons. The number of hydrogen-bond acceptors (Lipinski definition) is 2. The van der Waals surface area contributed by atoms with Crippen molar-refractivity contribution in [2.45, 2.75) is 38.5 Å². The molecule has 8 rings (SSSR count). The average molecular weight is 503 g/mol. The van der Waals surface area contributed by atoms with Crippen molar-refractivity contribution >= 4 is 29.1 Å². The molecule has 0 radical (unpaired) electrons. The molecule has 0 unspecified atom stereocenters. The van der Waals surface area contributed by atoms with Crippen LogP contribution in [-0.4, -0.2) is 6.85 Å². The summed E-state index contributed by atoms with van der Waals surface area (Å²) in [5.74, 6) is 1.86. The Hall–Kier alpha value is -4.24. The topological polar surface area (TPSA) is 12.5 Å². The van der Waals surface area contributed by atoms with Crippen molar-refractivity contribution in [1.82, 2.24) is 0 Å². The Kier molecular flexibility index (Phi) is 4.47. The second kappa shape index (κ2) is 7.67. The van der Waals surface area contributed by atoms with E-state index in [4.69, 9.17) is 4.74 Å². The highest BCUT2D eigenvalue weighted by Gasteiger charge is 2.49. The van der Waals surface area contributed by atoms with Gasteiger partial charge in [-0.25, -0.2) is 0 Å². The number of hydrogen-bond donors (Lipinski definition) is 0. The van der Waals surface area contributed by atoms with Crippen molar-refractivity contribution < 1.29 is 4.74 Å². The van der Waals surface area contributed by atoms with Crippen LogP contribution in [0.3, 0.4) is 0 Å². The van der Waals surface area contributed by atoms with Crippen LogP contribution in [0.25, 0.3) is 11.1 Å². The Morgan fingerprint density at radius 2 is 1.13 bits per heavy atom. The summed E-state index contributed by atoms with van der Waals surface area (Å²) in [7, 11) is 0. The molecule has 2 aliphatic heterocycles. The molecule has 2 heterocycles. The van der Waals surface area contributed by atoms with Gasteiger partial charge in [0.05, 0.1) is 0 Å². The van der Waals surface area contributed by atoms with E-state index < -0.39 is 0 Å². The van der Waals surface area contributed by atoms with Gasteiger partial charge in [-0.15, -0.1) is 0 Å². The summed E-state index contributed by atoms with van der Waals surface area (Å²) in [4.78, 5) is 2.64. The molecule has 5 aromatic carbocycles. The van der Waals surface area contributed by atoms with Gasteiger partial charge in [0.15, 0.2) is 0 Å². The van der Waals surface area contributed by atoms with Gasteiger partial charge in [0.1, 0.15) is 11.5 Å². The van der Waals surface area contributed by atoms with Gasteiger partial charge in [-0.05, 0) is 62.5 Å². The van der Waals surface area contributed by atoms with Crippen molar-refractivity contribution in [1.29, 1.82) is 0 Å². The van der Waals surface area contributed by atoms with E-state index in [1.165, 1.54) is 55.7 Å².